The number of rotatable bonds is 4. The van der Waals surface area contributed by atoms with Gasteiger partial charge in [-0.25, -0.2) is 4.98 Å². The number of anilines is 1. The van der Waals surface area contributed by atoms with E-state index in [0.29, 0.717) is 28.6 Å². The summed E-state index contributed by atoms with van der Waals surface area (Å²) >= 11 is 6.14. The van der Waals surface area contributed by atoms with Gasteiger partial charge in [0.2, 0.25) is 0 Å². The molecule has 130 valence electrons. The van der Waals surface area contributed by atoms with Crippen molar-refractivity contribution in [3.8, 4) is 5.75 Å². The maximum Gasteiger partial charge on any atom is 0.274 e. The van der Waals surface area contributed by atoms with E-state index >= 15 is 0 Å². The van der Waals surface area contributed by atoms with E-state index in [9.17, 15) is 4.79 Å². The summed E-state index contributed by atoms with van der Waals surface area (Å²) in [5.41, 5.74) is 4.55. The number of nitrogens with one attached hydrogen (secondary N) is 1. The predicted molar refractivity (Wildman–Crippen MR) is 100 cm³/mol. The summed E-state index contributed by atoms with van der Waals surface area (Å²) in [5, 5.41) is 3.53. The fraction of sp³-hybridized carbons (Fsp3) is 0.263. The van der Waals surface area contributed by atoms with Crippen molar-refractivity contribution in [3.63, 3.8) is 0 Å². The largest absolute Gasteiger partial charge is 0.495 e. The molecule has 6 heteroatoms. The molecule has 0 saturated carbocycles. The highest BCUT2D eigenvalue weighted by Gasteiger charge is 2.20. The predicted octanol–water partition coefficient (Wildman–Crippen LogP) is 4.43. The first-order chi connectivity index (χ1) is 11.9. The van der Waals surface area contributed by atoms with Crippen LogP contribution in [0.5, 0.6) is 5.75 Å². The van der Waals surface area contributed by atoms with Crippen LogP contribution in [0.4, 0.5) is 5.69 Å². The molecule has 0 aliphatic carbocycles. The number of methoxy groups -OCH3 is 1. The van der Waals surface area contributed by atoms with E-state index in [1.54, 1.807) is 19.2 Å². The van der Waals surface area contributed by atoms with Gasteiger partial charge in [0.25, 0.3) is 5.91 Å². The van der Waals surface area contributed by atoms with Crippen molar-refractivity contribution in [1.29, 1.82) is 0 Å². The van der Waals surface area contributed by atoms with E-state index in [2.05, 4.69) is 10.3 Å². The van der Waals surface area contributed by atoms with E-state index in [4.69, 9.17) is 16.3 Å². The summed E-state index contributed by atoms with van der Waals surface area (Å²) in [6, 6.07) is 7.40. The van der Waals surface area contributed by atoms with Gasteiger partial charge in [0.05, 0.1) is 18.5 Å². The van der Waals surface area contributed by atoms with E-state index in [0.717, 1.165) is 22.5 Å². The maximum absolute atomic E-state index is 13.0. The molecule has 0 atom stereocenters. The Labute approximate surface area is 151 Å². The number of imidazole rings is 1. The summed E-state index contributed by atoms with van der Waals surface area (Å²) in [7, 11) is 1.55. The molecule has 0 radical (unpaired) electrons. The van der Waals surface area contributed by atoms with Crippen LogP contribution in [0.3, 0.4) is 0 Å². The van der Waals surface area contributed by atoms with Crippen molar-refractivity contribution in [2.45, 2.75) is 27.2 Å². The zero-order chi connectivity index (χ0) is 18.1. The van der Waals surface area contributed by atoms with Gasteiger partial charge in [0.1, 0.15) is 17.1 Å². The second-order valence-corrected chi connectivity index (χ2v) is 6.36. The van der Waals surface area contributed by atoms with Crippen molar-refractivity contribution in [2.75, 3.05) is 12.4 Å². The van der Waals surface area contributed by atoms with E-state index in [1.807, 2.05) is 43.5 Å². The Balaban J connectivity index is 2.06. The van der Waals surface area contributed by atoms with Crippen molar-refractivity contribution >= 4 is 28.8 Å². The first-order valence-corrected chi connectivity index (χ1v) is 8.45. The molecule has 3 rings (SSSR count). The van der Waals surface area contributed by atoms with Gasteiger partial charge in [-0.05, 0) is 43.5 Å². The highest BCUT2D eigenvalue weighted by molar-refractivity contribution is 6.31. The average Bonchev–Trinajstić information content (AvgIpc) is 2.95. The lowest BCUT2D eigenvalue weighted by Crippen LogP contribution is -2.17. The standard InChI is InChI=1S/C19H20ClN3O2/c1-5-14-18(23-10-11(2)6-7-17(23)21-14)19(24)22-15-8-12(3)13(20)9-16(15)25-4/h6-10H,5H2,1-4H3,(H,22,24). The summed E-state index contributed by atoms with van der Waals surface area (Å²) in [4.78, 5) is 17.5. The third-order valence-corrected chi connectivity index (χ3v) is 4.52. The molecule has 0 spiro atoms. The smallest absolute Gasteiger partial charge is 0.274 e. The molecule has 0 unspecified atom stereocenters. The zero-order valence-electron chi connectivity index (χ0n) is 14.7. The fourth-order valence-electron chi connectivity index (χ4n) is 2.80. The lowest BCUT2D eigenvalue weighted by molar-refractivity contribution is 0.102. The molecule has 0 saturated heterocycles. The number of benzene rings is 1. The highest BCUT2D eigenvalue weighted by atomic mass is 35.5. The van der Waals surface area contributed by atoms with Gasteiger partial charge in [0.15, 0.2) is 0 Å². The van der Waals surface area contributed by atoms with Crippen LogP contribution in [-0.2, 0) is 6.42 Å². The Morgan fingerprint density at radius 3 is 2.76 bits per heavy atom. The number of pyridine rings is 1. The molecule has 2 aromatic heterocycles. The monoisotopic (exact) mass is 357 g/mol. The SMILES string of the molecule is CCc1nc2ccc(C)cn2c1C(=O)Nc1cc(C)c(Cl)cc1OC. The minimum Gasteiger partial charge on any atom is -0.495 e. The third-order valence-electron chi connectivity index (χ3n) is 4.12. The number of fused-ring (bicyclic) bond motifs is 1. The fourth-order valence-corrected chi connectivity index (χ4v) is 2.95. The first kappa shape index (κ1) is 17.3. The van der Waals surface area contributed by atoms with Crippen LogP contribution >= 0.6 is 11.6 Å². The molecule has 0 fully saturated rings. The molecular formula is C19H20ClN3O2. The number of ether oxygens (including phenoxy) is 1. The number of nitrogens with zero attached hydrogens (tertiary/aromatic N) is 2. The number of amides is 1. The van der Waals surface area contributed by atoms with Gasteiger partial charge < -0.3 is 10.1 Å². The number of carbonyl (C=O) groups is 1. The quantitative estimate of drug-likeness (QED) is 0.751. The van der Waals surface area contributed by atoms with Crippen LogP contribution in [0, 0.1) is 13.8 Å². The minimum atomic E-state index is -0.227. The highest BCUT2D eigenvalue weighted by Crippen LogP contribution is 2.31. The van der Waals surface area contributed by atoms with Gasteiger partial charge in [-0.2, -0.15) is 0 Å². The molecule has 5 nitrogen and oxygen atoms in total. The van der Waals surface area contributed by atoms with Crippen LogP contribution in [0.2, 0.25) is 5.02 Å². The normalized spacial score (nSPS) is 10.9. The molecular weight excluding hydrogens is 338 g/mol. The number of hydrogen-bond donors (Lipinski definition) is 1. The molecule has 0 bridgehead atoms. The number of aromatic nitrogens is 2. The van der Waals surface area contributed by atoms with Crippen LogP contribution in [0.1, 0.15) is 34.2 Å². The number of carbonyl (C=O) groups excluding carboxylic acids is 1. The molecule has 1 amide bonds. The summed E-state index contributed by atoms with van der Waals surface area (Å²) < 4.78 is 7.17. The number of aryl methyl sites for hydroxylation is 3. The molecule has 25 heavy (non-hydrogen) atoms. The Bertz CT molecular complexity index is 963. The van der Waals surface area contributed by atoms with E-state index in [-0.39, 0.29) is 5.91 Å². The third kappa shape index (κ3) is 3.20. The maximum atomic E-state index is 13.0. The minimum absolute atomic E-state index is 0.227. The first-order valence-electron chi connectivity index (χ1n) is 8.07. The van der Waals surface area contributed by atoms with Crippen LogP contribution in [0.15, 0.2) is 30.5 Å². The number of hydrogen-bond acceptors (Lipinski definition) is 3. The Morgan fingerprint density at radius 1 is 1.32 bits per heavy atom. The van der Waals surface area contributed by atoms with Gasteiger partial charge in [-0.3, -0.25) is 9.20 Å². The van der Waals surface area contributed by atoms with Gasteiger partial charge in [0, 0.05) is 17.3 Å². The zero-order valence-corrected chi connectivity index (χ0v) is 15.4. The Hall–Kier alpha value is -2.53. The second-order valence-electron chi connectivity index (χ2n) is 5.95. The van der Waals surface area contributed by atoms with Crippen molar-refractivity contribution < 1.29 is 9.53 Å². The lowest BCUT2D eigenvalue weighted by Gasteiger charge is -2.13. The van der Waals surface area contributed by atoms with Crippen molar-refractivity contribution in [2.24, 2.45) is 0 Å². The molecule has 0 aliphatic rings. The second kappa shape index (κ2) is 6.76. The summed E-state index contributed by atoms with van der Waals surface area (Å²) in [5.74, 6) is 0.293. The molecule has 1 N–H and O–H groups in total. The van der Waals surface area contributed by atoms with Crippen molar-refractivity contribution in [3.05, 3.63) is 58.0 Å². The molecule has 1 aromatic carbocycles. The Kier molecular flexibility index (Phi) is 4.68. The van der Waals surface area contributed by atoms with Crippen LogP contribution in [-0.4, -0.2) is 22.4 Å². The lowest BCUT2D eigenvalue weighted by atomic mass is 10.2. The van der Waals surface area contributed by atoms with Crippen LogP contribution < -0.4 is 10.1 Å². The van der Waals surface area contributed by atoms with Gasteiger partial charge >= 0.3 is 0 Å². The summed E-state index contributed by atoms with van der Waals surface area (Å²) in [6.45, 7) is 5.85. The van der Waals surface area contributed by atoms with Crippen molar-refractivity contribution in [1.82, 2.24) is 9.38 Å². The molecule has 2 heterocycles. The molecule has 3 aromatic rings. The molecule has 0 aliphatic heterocycles. The summed E-state index contributed by atoms with van der Waals surface area (Å²) in [6.07, 6.45) is 2.58. The van der Waals surface area contributed by atoms with E-state index in [1.165, 1.54) is 0 Å². The Morgan fingerprint density at radius 2 is 2.08 bits per heavy atom. The number of halogens is 1. The van der Waals surface area contributed by atoms with E-state index < -0.39 is 0 Å². The topological polar surface area (TPSA) is 55.6 Å². The van der Waals surface area contributed by atoms with Crippen LogP contribution in [0.25, 0.3) is 5.65 Å². The van der Waals surface area contributed by atoms with Gasteiger partial charge in [-0.15, -0.1) is 0 Å². The average molecular weight is 358 g/mol. The van der Waals surface area contributed by atoms with Gasteiger partial charge in [-0.1, -0.05) is 24.6 Å².